The molecular formula is C18H22N2O4. The number of anilines is 1. The third kappa shape index (κ3) is 2.78. The van der Waals surface area contributed by atoms with Crippen LogP contribution in [-0.4, -0.2) is 49.2 Å². The molecule has 24 heavy (non-hydrogen) atoms. The summed E-state index contributed by atoms with van der Waals surface area (Å²) in [7, 11) is 2.07. The first-order chi connectivity index (χ1) is 11.4. The van der Waals surface area contributed by atoms with Crippen molar-refractivity contribution in [2.75, 3.05) is 38.1 Å². The average molecular weight is 330 g/mol. The van der Waals surface area contributed by atoms with Gasteiger partial charge >= 0.3 is 5.97 Å². The van der Waals surface area contributed by atoms with E-state index in [4.69, 9.17) is 4.42 Å². The van der Waals surface area contributed by atoms with Gasteiger partial charge in [0.25, 0.3) is 0 Å². The minimum absolute atomic E-state index is 0.227. The summed E-state index contributed by atoms with van der Waals surface area (Å²) < 4.78 is 5.74. The van der Waals surface area contributed by atoms with Crippen LogP contribution in [0.3, 0.4) is 0 Å². The molecule has 0 unspecified atom stereocenters. The Kier molecular flexibility index (Phi) is 4.32. The van der Waals surface area contributed by atoms with E-state index in [-0.39, 0.29) is 16.8 Å². The lowest BCUT2D eigenvalue weighted by atomic mass is 10.0. The molecule has 1 aromatic carbocycles. The number of hydrogen-bond acceptors (Lipinski definition) is 5. The molecule has 0 bridgehead atoms. The summed E-state index contributed by atoms with van der Waals surface area (Å²) in [6.07, 6.45) is 0.331. The van der Waals surface area contributed by atoms with E-state index < -0.39 is 5.97 Å². The van der Waals surface area contributed by atoms with Crippen molar-refractivity contribution in [3.63, 3.8) is 0 Å². The fourth-order valence-corrected chi connectivity index (χ4v) is 3.24. The number of hydrogen-bond donors (Lipinski definition) is 1. The number of nitrogens with zero attached hydrogens (tertiary/aromatic N) is 2. The van der Waals surface area contributed by atoms with E-state index in [2.05, 4.69) is 16.8 Å². The normalized spacial score (nSPS) is 15.9. The van der Waals surface area contributed by atoms with Crippen LogP contribution < -0.4 is 10.3 Å². The first-order valence-corrected chi connectivity index (χ1v) is 8.19. The van der Waals surface area contributed by atoms with Crippen molar-refractivity contribution in [1.29, 1.82) is 0 Å². The van der Waals surface area contributed by atoms with Gasteiger partial charge in [-0.3, -0.25) is 4.79 Å². The second-order valence-electron chi connectivity index (χ2n) is 6.35. The van der Waals surface area contributed by atoms with Crippen molar-refractivity contribution in [3.8, 4) is 0 Å². The molecule has 1 saturated heterocycles. The zero-order valence-electron chi connectivity index (χ0n) is 14.3. The molecule has 0 spiro atoms. The van der Waals surface area contributed by atoms with Crippen LogP contribution in [0.5, 0.6) is 0 Å². The molecule has 6 nitrogen and oxygen atoms in total. The van der Waals surface area contributed by atoms with Gasteiger partial charge in [0.15, 0.2) is 11.0 Å². The maximum Gasteiger partial charge on any atom is 0.372 e. The number of aromatic carboxylic acids is 1. The molecule has 3 rings (SSSR count). The predicted molar refractivity (Wildman–Crippen MR) is 93.3 cm³/mol. The average Bonchev–Trinajstić information content (AvgIpc) is 2.55. The molecule has 0 atom stereocenters. The van der Waals surface area contributed by atoms with E-state index in [1.165, 1.54) is 0 Å². The number of likely N-dealkylation sites (N-methyl/N-ethyl adjacent to an activating group) is 1. The molecule has 6 heteroatoms. The van der Waals surface area contributed by atoms with Gasteiger partial charge in [-0.2, -0.15) is 0 Å². The Morgan fingerprint density at radius 3 is 2.50 bits per heavy atom. The summed E-state index contributed by atoms with van der Waals surface area (Å²) in [5.41, 5.74) is 2.14. The Morgan fingerprint density at radius 1 is 1.25 bits per heavy atom. The molecule has 128 valence electrons. The molecule has 1 fully saturated rings. The first kappa shape index (κ1) is 16.5. The van der Waals surface area contributed by atoms with Gasteiger partial charge in [-0.25, -0.2) is 4.79 Å². The van der Waals surface area contributed by atoms with Crippen molar-refractivity contribution in [1.82, 2.24) is 4.90 Å². The molecule has 0 amide bonds. The number of fused-ring (bicyclic) bond motifs is 1. The number of piperazine rings is 1. The van der Waals surface area contributed by atoms with Gasteiger partial charge < -0.3 is 19.3 Å². The molecule has 2 heterocycles. The molecule has 0 aliphatic carbocycles. The van der Waals surface area contributed by atoms with Crippen LogP contribution in [0.25, 0.3) is 11.0 Å². The Morgan fingerprint density at radius 2 is 1.92 bits per heavy atom. The van der Waals surface area contributed by atoms with E-state index >= 15 is 0 Å². The van der Waals surface area contributed by atoms with Crippen molar-refractivity contribution < 1.29 is 14.3 Å². The number of benzene rings is 1. The van der Waals surface area contributed by atoms with Gasteiger partial charge in [0.05, 0.1) is 16.6 Å². The van der Waals surface area contributed by atoms with Gasteiger partial charge in [-0.05, 0) is 38.1 Å². The quantitative estimate of drug-likeness (QED) is 0.929. The van der Waals surface area contributed by atoms with Gasteiger partial charge in [-0.1, -0.05) is 6.92 Å². The molecule has 0 saturated carbocycles. The molecule has 2 aromatic rings. The van der Waals surface area contributed by atoms with E-state index in [1.807, 2.05) is 13.0 Å². The summed E-state index contributed by atoms with van der Waals surface area (Å²) in [4.78, 5) is 28.7. The maximum absolute atomic E-state index is 12.8. The topological polar surface area (TPSA) is 74.0 Å². The summed E-state index contributed by atoms with van der Waals surface area (Å²) in [6.45, 7) is 7.17. The van der Waals surface area contributed by atoms with Crippen molar-refractivity contribution in [2.24, 2.45) is 0 Å². The highest BCUT2D eigenvalue weighted by Crippen LogP contribution is 2.29. The summed E-state index contributed by atoms with van der Waals surface area (Å²) >= 11 is 0. The van der Waals surface area contributed by atoms with E-state index in [9.17, 15) is 14.7 Å². The van der Waals surface area contributed by atoms with Crippen molar-refractivity contribution in [3.05, 3.63) is 39.2 Å². The zero-order valence-corrected chi connectivity index (χ0v) is 14.3. The molecular weight excluding hydrogens is 308 g/mol. The maximum atomic E-state index is 12.8. The van der Waals surface area contributed by atoms with E-state index in [0.717, 1.165) is 37.4 Å². The van der Waals surface area contributed by atoms with Crippen LogP contribution in [0.2, 0.25) is 0 Å². The van der Waals surface area contributed by atoms with Crippen LogP contribution in [0, 0.1) is 6.92 Å². The molecule has 1 aliphatic rings. The van der Waals surface area contributed by atoms with E-state index in [1.54, 1.807) is 13.0 Å². The Hall–Kier alpha value is -2.34. The lowest BCUT2D eigenvalue weighted by Crippen LogP contribution is -2.44. The monoisotopic (exact) mass is 330 g/mol. The highest BCUT2D eigenvalue weighted by atomic mass is 16.4. The molecule has 1 aromatic heterocycles. The molecule has 1 aliphatic heterocycles. The highest BCUT2D eigenvalue weighted by molar-refractivity contribution is 5.94. The summed E-state index contributed by atoms with van der Waals surface area (Å²) in [6, 6.07) is 3.75. The SMILES string of the molecule is CCc1c(C(=O)O)oc2c(N3CCN(C)CC3)cc(C)cc2c1=O. The van der Waals surface area contributed by atoms with Crippen LogP contribution in [-0.2, 0) is 6.42 Å². The zero-order chi connectivity index (χ0) is 17.4. The van der Waals surface area contributed by atoms with Crippen molar-refractivity contribution in [2.45, 2.75) is 20.3 Å². The molecule has 1 N–H and O–H groups in total. The Balaban J connectivity index is 2.26. The van der Waals surface area contributed by atoms with Crippen LogP contribution >= 0.6 is 0 Å². The second-order valence-corrected chi connectivity index (χ2v) is 6.35. The van der Waals surface area contributed by atoms with Crippen LogP contribution in [0.15, 0.2) is 21.3 Å². The van der Waals surface area contributed by atoms with E-state index in [0.29, 0.717) is 17.4 Å². The summed E-state index contributed by atoms with van der Waals surface area (Å²) in [5.74, 6) is -1.44. The van der Waals surface area contributed by atoms with Gasteiger partial charge in [-0.15, -0.1) is 0 Å². The van der Waals surface area contributed by atoms with Crippen LogP contribution in [0.1, 0.15) is 28.6 Å². The van der Waals surface area contributed by atoms with Crippen LogP contribution in [0.4, 0.5) is 5.69 Å². The third-order valence-electron chi connectivity index (χ3n) is 4.60. The third-order valence-corrected chi connectivity index (χ3v) is 4.60. The number of carboxylic acids is 1. The minimum atomic E-state index is -1.20. The fourth-order valence-electron chi connectivity index (χ4n) is 3.24. The highest BCUT2D eigenvalue weighted by Gasteiger charge is 2.23. The van der Waals surface area contributed by atoms with Gasteiger partial charge in [0, 0.05) is 26.2 Å². The first-order valence-electron chi connectivity index (χ1n) is 8.19. The lowest BCUT2D eigenvalue weighted by molar-refractivity contribution is 0.0661. The second kappa shape index (κ2) is 6.28. The standard InChI is InChI=1S/C18H22N2O4/c1-4-12-15(21)13-9-11(2)10-14(16(13)24-17(12)18(22)23)20-7-5-19(3)6-8-20/h9-10H,4-8H2,1-3H3,(H,22,23). The molecule has 0 radical (unpaired) electrons. The summed E-state index contributed by atoms with van der Waals surface area (Å²) in [5, 5.41) is 9.88. The Labute approximate surface area is 140 Å². The van der Waals surface area contributed by atoms with Gasteiger partial charge in [0.2, 0.25) is 5.76 Å². The minimum Gasteiger partial charge on any atom is -0.475 e. The Bertz CT molecular complexity index is 848. The number of carbonyl (C=O) groups is 1. The lowest BCUT2D eigenvalue weighted by Gasteiger charge is -2.34. The number of aryl methyl sites for hydroxylation is 1. The van der Waals surface area contributed by atoms with Crippen molar-refractivity contribution >= 4 is 22.6 Å². The van der Waals surface area contributed by atoms with Gasteiger partial charge in [0.1, 0.15) is 0 Å². The fraction of sp³-hybridized carbons (Fsp3) is 0.444. The smallest absolute Gasteiger partial charge is 0.372 e. The number of carboxylic acid groups (broad SMARTS) is 1. The number of rotatable bonds is 3. The largest absolute Gasteiger partial charge is 0.475 e. The predicted octanol–water partition coefficient (Wildman–Crippen LogP) is 2.11.